The Labute approximate surface area is 314 Å². The van der Waals surface area contributed by atoms with Gasteiger partial charge in [0, 0.05) is 38.0 Å². The van der Waals surface area contributed by atoms with Crippen molar-refractivity contribution in [1.29, 1.82) is 0 Å². The average Bonchev–Trinajstić information content (AvgIpc) is 3.82. The quantitative estimate of drug-likeness (QED) is 0.0761. The van der Waals surface area contributed by atoms with Crippen LogP contribution in [0.4, 0.5) is 0 Å². The summed E-state index contributed by atoms with van der Waals surface area (Å²) < 4.78 is 12.8. The molecule has 2 aromatic rings. The van der Waals surface area contributed by atoms with Gasteiger partial charge in [0.25, 0.3) is 0 Å². The summed E-state index contributed by atoms with van der Waals surface area (Å²) in [4.78, 5) is 36.2. The van der Waals surface area contributed by atoms with Crippen molar-refractivity contribution in [2.24, 2.45) is 45.1 Å². The number of aliphatic imine (C=N–C) groups is 2. The number of nitrogens with zero attached hydrogens (tertiary/aromatic N) is 2. The van der Waals surface area contributed by atoms with Crippen LogP contribution in [-0.2, 0) is 32.2 Å². The standard InChI is InChI=1S/C37H54N8O4.2ClH/c1-2-3-4-5-12-17-29-48-32-27-22-28(33(32)49-29)31(35(47)41-19-21-43-37(39)45-24-26-15-10-7-11-16-26)30(27)34(46)40-18-20-42-36(38)44-23-25-13-8-6-9-14-25;;/h6-11,13-16,27-33H,2-5,12,17-24H2,1H3,(H,40,46)(H,41,47)(H3,38,42,44)(H3,39,43,45);2*1H/t27-,28+,29?,30-,31-,32-,33+;;/m1../s1. The third-order valence-corrected chi connectivity index (χ3v) is 9.80. The molecule has 2 aliphatic carbocycles. The number of nitrogens with two attached hydrogens (primary N) is 2. The van der Waals surface area contributed by atoms with E-state index in [1.165, 1.54) is 19.3 Å². The summed E-state index contributed by atoms with van der Waals surface area (Å²) in [5.41, 5.74) is 14.2. The SMILES string of the molecule is CCCCCCCC1O[C@@H]2[C@@H]3C[C@H]([C@@H]2O1)[C@@H](C(=O)NCCNC(N)=NCc1ccccc1)[C@@H]3C(=O)NCCNC(N)=NCc1ccccc1.Cl.Cl. The van der Waals surface area contributed by atoms with E-state index in [4.69, 9.17) is 20.9 Å². The van der Waals surface area contributed by atoms with Gasteiger partial charge in [0.15, 0.2) is 18.2 Å². The van der Waals surface area contributed by atoms with Gasteiger partial charge in [-0.2, -0.15) is 0 Å². The topological polar surface area (TPSA) is 177 Å². The summed E-state index contributed by atoms with van der Waals surface area (Å²) >= 11 is 0. The number of fused-ring (bicyclic) bond motifs is 5. The second kappa shape index (κ2) is 21.7. The Hall–Kier alpha value is -3.58. The fourth-order valence-corrected chi connectivity index (χ4v) is 7.43. The first kappa shape index (κ1) is 41.8. The maximum absolute atomic E-state index is 13.7. The largest absolute Gasteiger partial charge is 0.370 e. The van der Waals surface area contributed by atoms with Crippen LogP contribution >= 0.6 is 24.8 Å². The van der Waals surface area contributed by atoms with Crippen LogP contribution in [0.3, 0.4) is 0 Å². The fraction of sp³-hybridized carbons (Fsp3) is 0.568. The van der Waals surface area contributed by atoms with Crippen LogP contribution in [0.25, 0.3) is 0 Å². The van der Waals surface area contributed by atoms with Gasteiger partial charge in [0.05, 0.1) is 37.1 Å². The van der Waals surface area contributed by atoms with Crippen LogP contribution in [0.1, 0.15) is 63.0 Å². The number of unbranched alkanes of at least 4 members (excludes halogenated alkanes) is 4. The molecule has 2 amide bonds. The van der Waals surface area contributed by atoms with Crippen LogP contribution in [0.5, 0.6) is 0 Å². The van der Waals surface area contributed by atoms with E-state index in [0.717, 1.165) is 36.8 Å². The molecule has 1 heterocycles. The van der Waals surface area contributed by atoms with Crippen molar-refractivity contribution in [2.45, 2.75) is 83.5 Å². The van der Waals surface area contributed by atoms with E-state index in [-0.39, 0.29) is 67.0 Å². The van der Waals surface area contributed by atoms with Crippen molar-refractivity contribution in [3.8, 4) is 0 Å². The average molecular weight is 748 g/mol. The lowest BCUT2D eigenvalue weighted by atomic mass is 9.75. The molecular formula is C37H56Cl2N8O4. The fourth-order valence-electron chi connectivity index (χ4n) is 7.43. The third-order valence-electron chi connectivity index (χ3n) is 9.80. The Balaban J connectivity index is 0.00000351. The van der Waals surface area contributed by atoms with E-state index in [9.17, 15) is 9.59 Å². The first-order valence-corrected chi connectivity index (χ1v) is 18.0. The first-order valence-electron chi connectivity index (χ1n) is 18.0. The lowest BCUT2D eigenvalue weighted by molar-refractivity contribution is -0.140. The molecule has 3 aliphatic rings. The second-order valence-corrected chi connectivity index (χ2v) is 13.3. The minimum atomic E-state index is -0.507. The smallest absolute Gasteiger partial charge is 0.224 e. The number of hydrogen-bond donors (Lipinski definition) is 6. The first-order chi connectivity index (χ1) is 23.9. The van der Waals surface area contributed by atoms with Gasteiger partial charge in [0.2, 0.25) is 11.8 Å². The third kappa shape index (κ3) is 12.0. The van der Waals surface area contributed by atoms with Crippen molar-refractivity contribution in [3.05, 3.63) is 71.8 Å². The highest BCUT2D eigenvalue weighted by Gasteiger charge is 2.66. The summed E-state index contributed by atoms with van der Waals surface area (Å²) in [7, 11) is 0. The van der Waals surface area contributed by atoms with E-state index in [0.29, 0.717) is 51.2 Å². The number of nitrogens with one attached hydrogen (secondary N) is 4. The van der Waals surface area contributed by atoms with Crippen LogP contribution in [0.15, 0.2) is 70.6 Å². The number of ether oxygens (including phenoxy) is 2. The van der Waals surface area contributed by atoms with Crippen molar-refractivity contribution in [3.63, 3.8) is 0 Å². The lowest BCUT2D eigenvalue weighted by Crippen LogP contribution is -2.53. The number of halogens is 2. The maximum atomic E-state index is 13.7. The molecule has 1 aliphatic heterocycles. The summed E-state index contributed by atoms with van der Waals surface area (Å²) in [5.74, 6) is -0.838. The van der Waals surface area contributed by atoms with Crippen molar-refractivity contribution < 1.29 is 19.1 Å². The van der Waals surface area contributed by atoms with Gasteiger partial charge in [-0.05, 0) is 30.4 Å². The molecule has 14 heteroatoms. The molecule has 3 fully saturated rings. The normalized spacial score (nSPS) is 24.9. The minimum Gasteiger partial charge on any atom is -0.370 e. The molecule has 5 rings (SSSR count). The van der Waals surface area contributed by atoms with Gasteiger partial charge in [-0.3, -0.25) is 9.59 Å². The summed E-state index contributed by atoms with van der Waals surface area (Å²) in [6.45, 7) is 4.68. The molecule has 0 radical (unpaired) electrons. The monoisotopic (exact) mass is 746 g/mol. The van der Waals surface area contributed by atoms with Gasteiger partial charge in [-0.15, -0.1) is 24.8 Å². The number of hydrogen-bond acceptors (Lipinski definition) is 6. The van der Waals surface area contributed by atoms with E-state index in [2.05, 4.69) is 38.2 Å². The molecule has 8 N–H and O–H groups in total. The number of carbonyl (C=O) groups is 2. The summed E-state index contributed by atoms with van der Waals surface area (Å²) in [6.07, 6.45) is 6.78. The molecule has 282 valence electrons. The Bertz CT molecular complexity index is 1310. The Morgan fingerprint density at radius 2 is 1.10 bits per heavy atom. The highest BCUT2D eigenvalue weighted by molar-refractivity contribution is 5.89. The minimum absolute atomic E-state index is 0. The van der Waals surface area contributed by atoms with Crippen molar-refractivity contribution in [1.82, 2.24) is 21.3 Å². The van der Waals surface area contributed by atoms with Crippen molar-refractivity contribution >= 4 is 48.5 Å². The summed E-state index contributed by atoms with van der Waals surface area (Å²) in [5, 5.41) is 12.2. The number of benzene rings is 2. The molecule has 51 heavy (non-hydrogen) atoms. The zero-order valence-corrected chi connectivity index (χ0v) is 31.1. The predicted octanol–water partition coefficient (Wildman–Crippen LogP) is 3.62. The van der Waals surface area contributed by atoms with Gasteiger partial charge in [-0.25, -0.2) is 9.98 Å². The van der Waals surface area contributed by atoms with Gasteiger partial charge in [-0.1, -0.05) is 93.3 Å². The van der Waals surface area contributed by atoms with Crippen LogP contribution in [-0.4, -0.2) is 68.4 Å². The van der Waals surface area contributed by atoms with E-state index in [1.807, 2.05) is 60.7 Å². The van der Waals surface area contributed by atoms with Crippen LogP contribution in [0.2, 0.25) is 0 Å². The molecule has 2 bridgehead atoms. The van der Waals surface area contributed by atoms with E-state index in [1.54, 1.807) is 0 Å². The van der Waals surface area contributed by atoms with Crippen molar-refractivity contribution in [2.75, 3.05) is 26.2 Å². The summed E-state index contributed by atoms with van der Waals surface area (Å²) in [6, 6.07) is 19.7. The predicted molar refractivity (Wildman–Crippen MR) is 206 cm³/mol. The number of amides is 2. The highest BCUT2D eigenvalue weighted by Crippen LogP contribution is 2.57. The molecule has 0 aromatic heterocycles. The highest BCUT2D eigenvalue weighted by atomic mass is 35.5. The van der Waals surface area contributed by atoms with Gasteiger partial charge in [0.1, 0.15) is 0 Å². The van der Waals surface area contributed by atoms with Crippen LogP contribution in [0, 0.1) is 23.7 Å². The number of guanidine groups is 2. The van der Waals surface area contributed by atoms with Gasteiger partial charge < -0.3 is 42.2 Å². The number of rotatable bonds is 18. The Morgan fingerprint density at radius 1 is 0.667 bits per heavy atom. The van der Waals surface area contributed by atoms with Gasteiger partial charge >= 0.3 is 0 Å². The lowest BCUT2D eigenvalue weighted by Gasteiger charge is -2.34. The second-order valence-electron chi connectivity index (χ2n) is 13.3. The molecule has 2 saturated carbocycles. The molecule has 1 unspecified atom stereocenters. The molecular weight excluding hydrogens is 691 g/mol. The van der Waals surface area contributed by atoms with E-state index < -0.39 is 11.8 Å². The molecule has 12 nitrogen and oxygen atoms in total. The Kier molecular flexibility index (Phi) is 17.8. The zero-order chi connectivity index (χ0) is 34.4. The van der Waals surface area contributed by atoms with Crippen LogP contribution < -0.4 is 32.7 Å². The Morgan fingerprint density at radius 3 is 1.55 bits per heavy atom. The van der Waals surface area contributed by atoms with E-state index >= 15 is 0 Å². The molecule has 1 saturated heterocycles. The molecule has 0 spiro atoms. The maximum Gasteiger partial charge on any atom is 0.224 e. The zero-order valence-electron chi connectivity index (χ0n) is 29.5. The molecule has 2 aromatic carbocycles. The molecule has 7 atom stereocenters. The number of carbonyl (C=O) groups excluding carboxylic acids is 2.